The Morgan fingerprint density at radius 2 is 2.00 bits per heavy atom. The van der Waals surface area contributed by atoms with Gasteiger partial charge in [-0.1, -0.05) is 26.0 Å². The highest BCUT2D eigenvalue weighted by molar-refractivity contribution is 5.73. The molecule has 0 saturated carbocycles. The van der Waals surface area contributed by atoms with Gasteiger partial charge in [-0.25, -0.2) is 0 Å². The zero-order chi connectivity index (χ0) is 17.7. The van der Waals surface area contributed by atoms with Crippen LogP contribution >= 0.6 is 0 Å². The Bertz CT molecular complexity index is 723. The van der Waals surface area contributed by atoms with Crippen LogP contribution in [0.2, 0.25) is 0 Å². The zero-order valence-electron chi connectivity index (χ0n) is 13.6. The number of aliphatic carboxylic acids is 1. The molecule has 0 aliphatic carbocycles. The molecule has 0 radical (unpaired) electrons. The number of para-hydroxylation sites is 1. The maximum Gasteiger partial charge on any atom is 0.320 e. The summed E-state index contributed by atoms with van der Waals surface area (Å²) >= 11 is 0. The number of hydrogen-bond donors (Lipinski definition) is 2. The summed E-state index contributed by atoms with van der Waals surface area (Å²) in [5.74, 6) is 0.250. The molecule has 0 amide bonds. The molecule has 0 spiro atoms. The van der Waals surface area contributed by atoms with Gasteiger partial charge in [0.25, 0.3) is 5.69 Å². The number of nitrogens with one attached hydrogen (secondary N) is 1. The molecule has 128 valence electrons. The van der Waals surface area contributed by atoms with Gasteiger partial charge >= 0.3 is 5.97 Å². The van der Waals surface area contributed by atoms with Crippen LogP contribution in [0.15, 0.2) is 40.8 Å². The van der Waals surface area contributed by atoms with Gasteiger partial charge in [-0.15, -0.1) is 0 Å². The Morgan fingerprint density at radius 3 is 2.62 bits per heavy atom. The molecule has 0 fully saturated rings. The Kier molecular flexibility index (Phi) is 5.70. The first-order valence-electron chi connectivity index (χ1n) is 7.67. The number of carboxylic acids is 1. The summed E-state index contributed by atoms with van der Waals surface area (Å²) < 4.78 is 5.64. The highest BCUT2D eigenvalue weighted by Gasteiger charge is 2.20. The lowest BCUT2D eigenvalue weighted by atomic mass is 10.0. The molecule has 2 N–H and O–H groups in total. The minimum absolute atomic E-state index is 0.0328. The zero-order valence-corrected chi connectivity index (χ0v) is 13.6. The lowest BCUT2D eigenvalue weighted by molar-refractivity contribution is -0.384. The van der Waals surface area contributed by atoms with Crippen molar-refractivity contribution in [3.8, 4) is 11.3 Å². The molecule has 7 nitrogen and oxygen atoms in total. The van der Waals surface area contributed by atoms with Crippen LogP contribution in [-0.2, 0) is 11.3 Å². The minimum atomic E-state index is -0.908. The topological polar surface area (TPSA) is 106 Å². The van der Waals surface area contributed by atoms with Crippen LogP contribution in [0.1, 0.15) is 26.0 Å². The highest BCUT2D eigenvalue weighted by Crippen LogP contribution is 2.30. The first-order valence-corrected chi connectivity index (χ1v) is 7.67. The molecule has 2 rings (SSSR count). The van der Waals surface area contributed by atoms with E-state index in [0.29, 0.717) is 23.5 Å². The third-order valence-corrected chi connectivity index (χ3v) is 3.56. The third-order valence-electron chi connectivity index (χ3n) is 3.56. The summed E-state index contributed by atoms with van der Waals surface area (Å²) in [5.41, 5.74) is 0.361. The smallest absolute Gasteiger partial charge is 0.320 e. The molecule has 2 aromatic rings. The van der Waals surface area contributed by atoms with Gasteiger partial charge in [0.1, 0.15) is 17.6 Å². The summed E-state index contributed by atoms with van der Waals surface area (Å²) in [7, 11) is 0. The number of furan rings is 1. The van der Waals surface area contributed by atoms with Gasteiger partial charge in [-0.05, 0) is 30.5 Å². The van der Waals surface area contributed by atoms with Crippen molar-refractivity contribution in [2.24, 2.45) is 5.92 Å². The Balaban J connectivity index is 2.11. The number of carbonyl (C=O) groups is 1. The van der Waals surface area contributed by atoms with Gasteiger partial charge in [0.05, 0.1) is 17.0 Å². The van der Waals surface area contributed by atoms with Gasteiger partial charge < -0.3 is 9.52 Å². The SMILES string of the molecule is CC(C)CC(NCc1ccc(-c2ccccc2[N+](=O)[O-])o1)C(=O)O. The van der Waals surface area contributed by atoms with Crippen molar-refractivity contribution in [1.82, 2.24) is 5.32 Å². The van der Waals surface area contributed by atoms with Crippen molar-refractivity contribution >= 4 is 11.7 Å². The number of carboxylic acid groups (broad SMARTS) is 1. The highest BCUT2D eigenvalue weighted by atomic mass is 16.6. The van der Waals surface area contributed by atoms with E-state index in [0.717, 1.165) is 0 Å². The van der Waals surface area contributed by atoms with Crippen molar-refractivity contribution in [2.75, 3.05) is 0 Å². The predicted octanol–water partition coefficient (Wildman–Crippen LogP) is 3.44. The Hall–Kier alpha value is -2.67. The van der Waals surface area contributed by atoms with Crippen molar-refractivity contribution < 1.29 is 19.2 Å². The second-order valence-corrected chi connectivity index (χ2v) is 5.94. The van der Waals surface area contributed by atoms with Crippen molar-refractivity contribution in [2.45, 2.75) is 32.9 Å². The van der Waals surface area contributed by atoms with Gasteiger partial charge in [0.15, 0.2) is 0 Å². The first kappa shape index (κ1) is 17.7. The molecule has 1 atom stereocenters. The number of nitrogens with zero attached hydrogens (tertiary/aromatic N) is 1. The molecule has 1 aromatic carbocycles. The van der Waals surface area contributed by atoms with Crippen LogP contribution in [0.4, 0.5) is 5.69 Å². The number of hydrogen-bond acceptors (Lipinski definition) is 5. The quantitative estimate of drug-likeness (QED) is 0.566. The fourth-order valence-electron chi connectivity index (χ4n) is 2.43. The monoisotopic (exact) mass is 332 g/mol. The fraction of sp³-hybridized carbons (Fsp3) is 0.353. The van der Waals surface area contributed by atoms with Gasteiger partial charge in [-0.2, -0.15) is 0 Å². The molecule has 1 aromatic heterocycles. The van der Waals surface area contributed by atoms with Gasteiger partial charge in [0.2, 0.25) is 0 Å². The largest absolute Gasteiger partial charge is 0.480 e. The molecule has 0 aliphatic heterocycles. The first-order chi connectivity index (χ1) is 11.4. The molecular weight excluding hydrogens is 312 g/mol. The number of nitro benzene ring substituents is 1. The summed E-state index contributed by atoms with van der Waals surface area (Å²) in [6.45, 7) is 4.15. The van der Waals surface area contributed by atoms with Crippen LogP contribution in [-0.4, -0.2) is 22.0 Å². The predicted molar refractivity (Wildman–Crippen MR) is 88.5 cm³/mol. The van der Waals surface area contributed by atoms with Crippen LogP contribution in [0, 0.1) is 16.0 Å². The molecule has 7 heteroatoms. The average Bonchev–Trinajstić information content (AvgIpc) is 2.99. The maximum absolute atomic E-state index is 11.2. The molecule has 1 heterocycles. The van der Waals surface area contributed by atoms with E-state index in [2.05, 4.69) is 5.32 Å². The van der Waals surface area contributed by atoms with Crippen LogP contribution in [0.25, 0.3) is 11.3 Å². The van der Waals surface area contributed by atoms with Crippen LogP contribution in [0.5, 0.6) is 0 Å². The van der Waals surface area contributed by atoms with Crippen LogP contribution in [0.3, 0.4) is 0 Å². The third kappa shape index (κ3) is 4.42. The maximum atomic E-state index is 11.2. The summed E-state index contributed by atoms with van der Waals surface area (Å²) in [5, 5.41) is 23.2. The molecular formula is C17H20N2O5. The number of rotatable bonds is 8. The lowest BCUT2D eigenvalue weighted by Gasteiger charge is -2.15. The van der Waals surface area contributed by atoms with E-state index >= 15 is 0 Å². The second-order valence-electron chi connectivity index (χ2n) is 5.94. The number of benzene rings is 1. The Labute approximate surface area is 139 Å². The van der Waals surface area contributed by atoms with Crippen molar-refractivity contribution in [3.63, 3.8) is 0 Å². The lowest BCUT2D eigenvalue weighted by Crippen LogP contribution is -2.37. The van der Waals surface area contributed by atoms with E-state index in [4.69, 9.17) is 4.42 Å². The minimum Gasteiger partial charge on any atom is -0.480 e. The van der Waals surface area contributed by atoms with Crippen molar-refractivity contribution in [1.29, 1.82) is 0 Å². The Morgan fingerprint density at radius 1 is 1.29 bits per heavy atom. The average molecular weight is 332 g/mol. The van der Waals surface area contributed by atoms with E-state index in [1.165, 1.54) is 6.07 Å². The van der Waals surface area contributed by atoms with E-state index in [-0.39, 0.29) is 18.2 Å². The van der Waals surface area contributed by atoms with E-state index in [1.54, 1.807) is 30.3 Å². The van der Waals surface area contributed by atoms with Gasteiger partial charge in [-0.3, -0.25) is 20.2 Å². The van der Waals surface area contributed by atoms with Crippen LogP contribution < -0.4 is 5.32 Å². The molecule has 1 unspecified atom stereocenters. The fourth-order valence-corrected chi connectivity index (χ4v) is 2.43. The van der Waals surface area contributed by atoms with Crippen molar-refractivity contribution in [3.05, 3.63) is 52.3 Å². The van der Waals surface area contributed by atoms with E-state index in [1.807, 2.05) is 13.8 Å². The standard InChI is InChI=1S/C17H20N2O5/c1-11(2)9-14(17(20)21)18-10-12-7-8-16(24-12)13-5-3-4-6-15(13)19(22)23/h3-8,11,14,18H,9-10H2,1-2H3,(H,20,21). The van der Waals surface area contributed by atoms with E-state index < -0.39 is 16.9 Å². The van der Waals surface area contributed by atoms with E-state index in [9.17, 15) is 20.0 Å². The number of nitro groups is 1. The summed E-state index contributed by atoms with van der Waals surface area (Å²) in [6, 6.07) is 9.00. The molecule has 0 bridgehead atoms. The van der Waals surface area contributed by atoms with Gasteiger partial charge in [0, 0.05) is 6.07 Å². The molecule has 0 saturated heterocycles. The molecule has 0 aliphatic rings. The normalized spacial score (nSPS) is 12.3. The summed E-state index contributed by atoms with van der Waals surface area (Å²) in [6.07, 6.45) is 0.507. The molecule has 24 heavy (non-hydrogen) atoms. The second kappa shape index (κ2) is 7.74. The summed E-state index contributed by atoms with van der Waals surface area (Å²) in [4.78, 5) is 21.9.